The molecule has 2 aromatic carbocycles. The number of ether oxygens (including phenoxy) is 2. The molecule has 0 unspecified atom stereocenters. The van der Waals surface area contributed by atoms with E-state index in [1.807, 2.05) is 55.5 Å². The summed E-state index contributed by atoms with van der Waals surface area (Å²) in [5.41, 5.74) is 2.49. The Morgan fingerprint density at radius 2 is 1.83 bits per heavy atom. The first-order chi connectivity index (χ1) is 14.2. The van der Waals surface area contributed by atoms with E-state index in [4.69, 9.17) is 9.47 Å². The van der Waals surface area contributed by atoms with Crippen molar-refractivity contribution in [1.29, 1.82) is 0 Å². The van der Waals surface area contributed by atoms with Crippen LogP contribution in [0.15, 0.2) is 66.9 Å². The third kappa shape index (κ3) is 4.70. The lowest BCUT2D eigenvalue weighted by Gasteiger charge is -2.09. The zero-order valence-electron chi connectivity index (χ0n) is 15.8. The molecule has 6 nitrogen and oxygen atoms in total. The molecule has 0 aliphatic heterocycles. The van der Waals surface area contributed by atoms with Gasteiger partial charge in [0.1, 0.15) is 26.9 Å². The molecule has 0 saturated heterocycles. The highest BCUT2D eigenvalue weighted by Gasteiger charge is 2.09. The SMILES string of the molecule is CCOc1ccc(OCC(=O)Nc2cccc(-c3nc4cccnc4s3)c2)cc1. The molecule has 4 aromatic rings. The summed E-state index contributed by atoms with van der Waals surface area (Å²) in [7, 11) is 0. The number of nitrogens with one attached hydrogen (secondary N) is 1. The van der Waals surface area contributed by atoms with Crippen molar-refractivity contribution in [3.05, 3.63) is 66.9 Å². The minimum absolute atomic E-state index is 0.0801. The predicted molar refractivity (Wildman–Crippen MR) is 115 cm³/mol. The van der Waals surface area contributed by atoms with Gasteiger partial charge in [-0.1, -0.05) is 23.5 Å². The van der Waals surface area contributed by atoms with Gasteiger partial charge in [0.05, 0.1) is 6.61 Å². The molecular weight excluding hydrogens is 386 g/mol. The second-order valence-corrected chi connectivity index (χ2v) is 7.15. The van der Waals surface area contributed by atoms with Crippen molar-refractivity contribution in [1.82, 2.24) is 9.97 Å². The fraction of sp³-hybridized carbons (Fsp3) is 0.136. The first-order valence-electron chi connectivity index (χ1n) is 9.19. The van der Waals surface area contributed by atoms with E-state index in [0.29, 0.717) is 18.0 Å². The molecule has 2 heterocycles. The highest BCUT2D eigenvalue weighted by Crippen LogP contribution is 2.30. The van der Waals surface area contributed by atoms with Gasteiger partial charge in [-0.3, -0.25) is 4.79 Å². The van der Waals surface area contributed by atoms with Crippen LogP contribution in [0.2, 0.25) is 0 Å². The largest absolute Gasteiger partial charge is 0.494 e. The number of hydrogen-bond acceptors (Lipinski definition) is 6. The summed E-state index contributed by atoms with van der Waals surface area (Å²) in [6.45, 7) is 2.45. The first kappa shape index (κ1) is 18.9. The maximum absolute atomic E-state index is 12.3. The first-order valence-corrected chi connectivity index (χ1v) is 10.0. The maximum atomic E-state index is 12.3. The van der Waals surface area contributed by atoms with E-state index in [1.165, 1.54) is 11.3 Å². The van der Waals surface area contributed by atoms with Crippen LogP contribution in [0.3, 0.4) is 0 Å². The molecule has 2 aromatic heterocycles. The number of amides is 1. The number of rotatable bonds is 7. The Labute approximate surface area is 172 Å². The Bertz CT molecular complexity index is 1090. The molecular formula is C22H19N3O3S. The standard InChI is InChI=1S/C22H19N3O3S/c1-2-27-17-8-10-18(11-9-17)28-14-20(26)24-16-6-3-5-15(13-16)21-25-19-7-4-12-23-22(19)29-21/h3-13H,2,14H2,1H3,(H,24,26). The Kier molecular flexibility index (Phi) is 5.67. The van der Waals surface area contributed by atoms with E-state index >= 15 is 0 Å². The monoisotopic (exact) mass is 405 g/mol. The number of pyridine rings is 1. The second kappa shape index (κ2) is 8.70. The van der Waals surface area contributed by atoms with Crippen LogP contribution < -0.4 is 14.8 Å². The van der Waals surface area contributed by atoms with Crippen molar-refractivity contribution in [3.63, 3.8) is 0 Å². The van der Waals surface area contributed by atoms with Crippen LogP contribution >= 0.6 is 11.3 Å². The predicted octanol–water partition coefficient (Wildman–Crippen LogP) is 4.77. The molecule has 0 saturated carbocycles. The van der Waals surface area contributed by atoms with E-state index in [-0.39, 0.29) is 12.5 Å². The summed E-state index contributed by atoms with van der Waals surface area (Å²) in [6.07, 6.45) is 1.76. The van der Waals surface area contributed by atoms with Gasteiger partial charge in [-0.15, -0.1) is 0 Å². The van der Waals surface area contributed by atoms with E-state index in [2.05, 4.69) is 15.3 Å². The fourth-order valence-electron chi connectivity index (χ4n) is 2.77. The third-order valence-electron chi connectivity index (χ3n) is 4.06. The van der Waals surface area contributed by atoms with Crippen molar-refractivity contribution in [3.8, 4) is 22.1 Å². The number of anilines is 1. The summed E-state index contributed by atoms with van der Waals surface area (Å²) < 4.78 is 10.9. The van der Waals surface area contributed by atoms with Crippen LogP contribution in [0.5, 0.6) is 11.5 Å². The number of nitrogens with zero attached hydrogens (tertiary/aromatic N) is 2. The third-order valence-corrected chi connectivity index (χ3v) is 5.09. The molecule has 29 heavy (non-hydrogen) atoms. The number of benzene rings is 2. The molecule has 0 aliphatic carbocycles. The molecule has 7 heteroatoms. The number of carbonyl (C=O) groups excluding carboxylic acids is 1. The molecule has 0 fully saturated rings. The number of hydrogen-bond donors (Lipinski definition) is 1. The highest BCUT2D eigenvalue weighted by molar-refractivity contribution is 7.21. The molecule has 1 amide bonds. The molecule has 0 atom stereocenters. The Hall–Kier alpha value is -3.45. The summed E-state index contributed by atoms with van der Waals surface area (Å²) in [4.78, 5) is 22.1. The zero-order chi connectivity index (χ0) is 20.1. The van der Waals surface area contributed by atoms with E-state index in [0.717, 1.165) is 26.7 Å². The molecule has 1 N–H and O–H groups in total. The summed E-state index contributed by atoms with van der Waals surface area (Å²) in [5, 5.41) is 3.72. The van der Waals surface area contributed by atoms with E-state index in [9.17, 15) is 4.79 Å². The number of fused-ring (bicyclic) bond motifs is 1. The van der Waals surface area contributed by atoms with Crippen LogP contribution in [-0.2, 0) is 4.79 Å². The number of thiazole rings is 1. The minimum atomic E-state index is -0.234. The molecule has 146 valence electrons. The van der Waals surface area contributed by atoms with Crippen LogP contribution in [0.4, 0.5) is 5.69 Å². The van der Waals surface area contributed by atoms with Crippen molar-refractivity contribution in [2.24, 2.45) is 0 Å². The van der Waals surface area contributed by atoms with E-state index in [1.54, 1.807) is 18.3 Å². The quantitative estimate of drug-likeness (QED) is 0.479. The van der Waals surface area contributed by atoms with Gasteiger partial charge in [-0.2, -0.15) is 0 Å². The number of carbonyl (C=O) groups is 1. The van der Waals surface area contributed by atoms with Crippen LogP contribution in [0.1, 0.15) is 6.92 Å². The zero-order valence-corrected chi connectivity index (χ0v) is 16.6. The molecule has 0 bridgehead atoms. The van der Waals surface area contributed by atoms with Crippen LogP contribution in [-0.4, -0.2) is 29.1 Å². The fourth-order valence-corrected chi connectivity index (χ4v) is 3.67. The topological polar surface area (TPSA) is 73.3 Å². The van der Waals surface area contributed by atoms with E-state index < -0.39 is 0 Å². The van der Waals surface area contributed by atoms with Gasteiger partial charge in [0.15, 0.2) is 6.61 Å². The summed E-state index contributed by atoms with van der Waals surface area (Å²) >= 11 is 1.52. The van der Waals surface area contributed by atoms with Crippen molar-refractivity contribution in [2.75, 3.05) is 18.5 Å². The Balaban J connectivity index is 1.39. The lowest BCUT2D eigenvalue weighted by molar-refractivity contribution is -0.118. The van der Waals surface area contributed by atoms with Gasteiger partial charge in [0, 0.05) is 17.4 Å². The summed E-state index contributed by atoms with van der Waals surface area (Å²) in [5.74, 6) is 1.15. The van der Waals surface area contributed by atoms with Gasteiger partial charge in [0.25, 0.3) is 5.91 Å². The van der Waals surface area contributed by atoms with Gasteiger partial charge in [-0.25, -0.2) is 9.97 Å². The average Bonchev–Trinajstić information content (AvgIpc) is 3.18. The molecule has 4 rings (SSSR count). The lowest BCUT2D eigenvalue weighted by atomic mass is 10.2. The normalized spacial score (nSPS) is 10.7. The second-order valence-electron chi connectivity index (χ2n) is 6.17. The van der Waals surface area contributed by atoms with Crippen LogP contribution in [0.25, 0.3) is 20.9 Å². The molecule has 0 radical (unpaired) electrons. The molecule has 0 aliphatic rings. The highest BCUT2D eigenvalue weighted by atomic mass is 32.1. The van der Waals surface area contributed by atoms with Gasteiger partial charge >= 0.3 is 0 Å². The van der Waals surface area contributed by atoms with Crippen molar-refractivity contribution < 1.29 is 14.3 Å². The maximum Gasteiger partial charge on any atom is 0.262 e. The lowest BCUT2D eigenvalue weighted by Crippen LogP contribution is -2.20. The smallest absolute Gasteiger partial charge is 0.262 e. The van der Waals surface area contributed by atoms with Crippen LogP contribution in [0, 0.1) is 0 Å². The van der Waals surface area contributed by atoms with Gasteiger partial charge < -0.3 is 14.8 Å². The molecule has 0 spiro atoms. The Morgan fingerprint density at radius 1 is 1.03 bits per heavy atom. The van der Waals surface area contributed by atoms with Gasteiger partial charge in [-0.05, 0) is 55.5 Å². The minimum Gasteiger partial charge on any atom is -0.494 e. The van der Waals surface area contributed by atoms with Crippen molar-refractivity contribution in [2.45, 2.75) is 6.92 Å². The van der Waals surface area contributed by atoms with Crippen molar-refractivity contribution >= 4 is 33.3 Å². The average molecular weight is 405 g/mol. The van der Waals surface area contributed by atoms with Gasteiger partial charge in [0.2, 0.25) is 0 Å². The number of aromatic nitrogens is 2. The summed E-state index contributed by atoms with van der Waals surface area (Å²) in [6, 6.07) is 18.6. The Morgan fingerprint density at radius 3 is 2.59 bits per heavy atom.